The first-order valence-corrected chi connectivity index (χ1v) is 29.7. The van der Waals surface area contributed by atoms with Gasteiger partial charge in [0.15, 0.2) is 0 Å². The number of rotatable bonds is 27. The number of nitrogens with zero attached hydrogens (tertiary/aromatic N) is 6. The molecule has 0 saturated heterocycles. The second-order valence-corrected chi connectivity index (χ2v) is 23.4. The van der Waals surface area contributed by atoms with Crippen molar-refractivity contribution in [1.82, 2.24) is 35.9 Å². The number of hydrogen-bond acceptors (Lipinski definition) is 19. The molecule has 0 aliphatic heterocycles. The standard InChI is InChI=1S/C34H46N8O5.C29H38N8O3/c1-22-27(9-6-10-28(22)26-8-5-7-25(15-26)16-36-21-30(35)43)19-38-32-39-20-29(42(45)46)31(41-32)37-17-23-11-13-24(14-12-23)18-40-33(44)47-34(2,3)4;1-19-24(6-3-7-25(19)23-5-2-4-22(12-23)14-32-18-27(31)38)16-34-29-35-17-26(37(39)40)28(36-29)33-15-21-10-8-20(13-30)9-11-21/h5-10,15,20,23-24,36H,11-14,16-19,21H2,1-4H3,(H2,35,43)(H,40,44)(H2,37,38,39,41);2-7,12,17,20-21,32H,8-11,13-16,18,30H2,1H3,(H2,31,38)(H2,33,34,35,36). The summed E-state index contributed by atoms with van der Waals surface area (Å²) in [7, 11) is 0. The lowest BCUT2D eigenvalue weighted by molar-refractivity contribution is -0.384. The van der Waals surface area contributed by atoms with Gasteiger partial charge in [0, 0.05) is 45.8 Å². The Kier molecular flexibility index (Phi) is 24.2. The van der Waals surface area contributed by atoms with Crippen molar-refractivity contribution in [2.24, 2.45) is 40.9 Å². The Balaban J connectivity index is 0.000000252. The van der Waals surface area contributed by atoms with Gasteiger partial charge in [-0.3, -0.25) is 29.8 Å². The third-order valence-electron chi connectivity index (χ3n) is 15.7. The normalized spacial score (nSPS) is 16.5. The van der Waals surface area contributed by atoms with E-state index in [0.29, 0.717) is 81.4 Å². The molecule has 87 heavy (non-hydrogen) atoms. The Bertz CT molecular complexity index is 3310. The molecule has 24 nitrogen and oxygen atoms in total. The topological polar surface area (TPSA) is 361 Å². The third-order valence-corrected chi connectivity index (χ3v) is 15.7. The minimum Gasteiger partial charge on any atom is -0.444 e. The van der Waals surface area contributed by atoms with Crippen LogP contribution in [0.2, 0.25) is 0 Å². The van der Waals surface area contributed by atoms with E-state index >= 15 is 0 Å². The van der Waals surface area contributed by atoms with Crippen LogP contribution in [0.3, 0.4) is 0 Å². The smallest absolute Gasteiger partial charge is 0.407 e. The van der Waals surface area contributed by atoms with Gasteiger partial charge >= 0.3 is 17.5 Å². The summed E-state index contributed by atoms with van der Waals surface area (Å²) in [6, 6.07) is 28.4. The van der Waals surface area contributed by atoms with Gasteiger partial charge in [-0.15, -0.1) is 0 Å². The number of carbonyl (C=O) groups is 3. The lowest BCUT2D eigenvalue weighted by Gasteiger charge is -2.29. The molecule has 0 spiro atoms. The highest BCUT2D eigenvalue weighted by Gasteiger charge is 2.26. The predicted octanol–water partition coefficient (Wildman–Crippen LogP) is 9.01. The van der Waals surface area contributed by atoms with Crippen LogP contribution in [0, 0.1) is 57.7 Å². The molecule has 464 valence electrons. The molecule has 2 fully saturated rings. The molecular formula is C63H84N16O8. The molecule has 24 heteroatoms. The molecule has 13 N–H and O–H groups in total. The predicted molar refractivity (Wildman–Crippen MR) is 338 cm³/mol. The van der Waals surface area contributed by atoms with Crippen LogP contribution in [0.1, 0.15) is 106 Å². The third kappa shape index (κ3) is 20.7. The summed E-state index contributed by atoms with van der Waals surface area (Å²) in [5.41, 5.74) is 26.1. The first-order valence-electron chi connectivity index (χ1n) is 29.7. The van der Waals surface area contributed by atoms with Gasteiger partial charge in [-0.25, -0.2) is 14.8 Å². The largest absolute Gasteiger partial charge is 0.444 e. The first-order chi connectivity index (χ1) is 41.7. The minimum atomic E-state index is -0.530. The van der Waals surface area contributed by atoms with Crippen molar-refractivity contribution in [3.8, 4) is 22.3 Å². The number of aromatic nitrogens is 4. The molecule has 6 aromatic rings. The summed E-state index contributed by atoms with van der Waals surface area (Å²) in [6.07, 6.45) is 10.2. The highest BCUT2D eigenvalue weighted by atomic mass is 16.6. The van der Waals surface area contributed by atoms with Gasteiger partial charge < -0.3 is 59.2 Å². The SMILES string of the molecule is Cc1c(CNc2ncc([N+](=O)[O-])c(NCC3CCC(CN)CC3)n2)cccc1-c1cccc(CNCC(N)=O)c1.Cc1c(CNc2ncc([N+](=O)[O-])c(NCC3CCC(CNC(=O)OC(C)(C)C)CC3)n2)cccc1-c1cccc(CNCC(N)=O)c1. The van der Waals surface area contributed by atoms with Gasteiger partial charge in [0.1, 0.15) is 18.0 Å². The number of hydrogen-bond donors (Lipinski definition) is 10. The molecule has 2 aliphatic rings. The van der Waals surface area contributed by atoms with Crippen LogP contribution in [0.15, 0.2) is 97.3 Å². The van der Waals surface area contributed by atoms with E-state index in [1.165, 1.54) is 12.4 Å². The summed E-state index contributed by atoms with van der Waals surface area (Å²) in [4.78, 5) is 73.8. The number of benzene rings is 4. The van der Waals surface area contributed by atoms with Crippen molar-refractivity contribution in [2.75, 3.05) is 60.5 Å². The fraction of sp³-hybridized carbons (Fsp3) is 0.444. The Hall–Kier alpha value is -8.87. The fourth-order valence-corrected chi connectivity index (χ4v) is 10.9. The zero-order chi connectivity index (χ0) is 62.5. The van der Waals surface area contributed by atoms with Gasteiger partial charge in [0.2, 0.25) is 35.3 Å². The van der Waals surface area contributed by atoms with Gasteiger partial charge in [0.25, 0.3) is 0 Å². The molecule has 0 radical (unpaired) electrons. The maximum Gasteiger partial charge on any atom is 0.407 e. The molecule has 0 bridgehead atoms. The lowest BCUT2D eigenvalue weighted by atomic mass is 9.82. The zero-order valence-electron chi connectivity index (χ0n) is 50.5. The molecule has 2 aliphatic carbocycles. The zero-order valence-corrected chi connectivity index (χ0v) is 50.5. The number of nitrogens with one attached hydrogen (secondary N) is 7. The van der Waals surface area contributed by atoms with E-state index in [9.17, 15) is 34.6 Å². The molecule has 0 atom stereocenters. The highest BCUT2D eigenvalue weighted by Crippen LogP contribution is 2.33. The number of carbonyl (C=O) groups excluding carboxylic acids is 3. The molecule has 2 saturated carbocycles. The van der Waals surface area contributed by atoms with E-state index in [1.807, 2.05) is 75.4 Å². The molecule has 3 amide bonds. The second kappa shape index (κ2) is 32.0. The quantitative estimate of drug-likeness (QED) is 0.0170. The second-order valence-electron chi connectivity index (χ2n) is 23.4. The monoisotopic (exact) mass is 1190 g/mol. The van der Waals surface area contributed by atoms with E-state index < -0.39 is 33.4 Å². The molecule has 8 rings (SSSR count). The molecule has 0 unspecified atom stereocenters. The number of nitrogens with two attached hydrogens (primary N) is 3. The number of nitro groups is 2. The Labute approximate surface area is 508 Å². The summed E-state index contributed by atoms with van der Waals surface area (Å²) in [5, 5.41) is 45.2. The van der Waals surface area contributed by atoms with Crippen molar-refractivity contribution >= 4 is 52.8 Å². The van der Waals surface area contributed by atoms with E-state index in [4.69, 9.17) is 21.9 Å². The summed E-state index contributed by atoms with van der Waals surface area (Å²) in [5.74, 6) is 1.98. The number of primary amides is 2. The summed E-state index contributed by atoms with van der Waals surface area (Å²) in [6.45, 7) is 14.3. The van der Waals surface area contributed by atoms with Crippen LogP contribution < -0.4 is 54.4 Å². The van der Waals surface area contributed by atoms with Gasteiger partial charge in [-0.05, 0) is 184 Å². The summed E-state index contributed by atoms with van der Waals surface area (Å²) >= 11 is 0. The van der Waals surface area contributed by atoms with Crippen molar-refractivity contribution in [2.45, 2.75) is 118 Å². The van der Waals surface area contributed by atoms with Crippen LogP contribution in [-0.2, 0) is 40.5 Å². The van der Waals surface area contributed by atoms with E-state index in [2.05, 4.69) is 101 Å². The molecule has 2 aromatic heterocycles. The van der Waals surface area contributed by atoms with E-state index in [-0.39, 0.29) is 36.1 Å². The molecule has 2 heterocycles. The fourth-order valence-electron chi connectivity index (χ4n) is 10.9. The van der Waals surface area contributed by atoms with Crippen LogP contribution in [0.25, 0.3) is 22.3 Å². The van der Waals surface area contributed by atoms with Gasteiger partial charge in [-0.2, -0.15) is 9.97 Å². The number of amides is 3. The van der Waals surface area contributed by atoms with Gasteiger partial charge in [-0.1, -0.05) is 72.8 Å². The van der Waals surface area contributed by atoms with E-state index in [0.717, 1.165) is 114 Å². The van der Waals surface area contributed by atoms with Crippen LogP contribution in [0.4, 0.5) is 39.7 Å². The number of ether oxygens (including phenoxy) is 1. The maximum absolute atomic E-state index is 12.0. The van der Waals surface area contributed by atoms with E-state index in [1.54, 1.807) is 0 Å². The van der Waals surface area contributed by atoms with Crippen molar-refractivity contribution in [1.29, 1.82) is 0 Å². The van der Waals surface area contributed by atoms with Crippen molar-refractivity contribution < 1.29 is 29.0 Å². The van der Waals surface area contributed by atoms with Gasteiger partial charge in [0.05, 0.1) is 22.9 Å². The highest BCUT2D eigenvalue weighted by molar-refractivity contribution is 5.76. The first kappa shape index (κ1) is 65.7. The Morgan fingerprint density at radius 1 is 0.575 bits per heavy atom. The Morgan fingerprint density at radius 2 is 0.977 bits per heavy atom. The van der Waals surface area contributed by atoms with Crippen LogP contribution in [-0.4, -0.2) is 92.6 Å². The maximum atomic E-state index is 12.0. The number of alkyl carbamates (subject to hydrolysis) is 1. The van der Waals surface area contributed by atoms with Crippen LogP contribution in [0.5, 0.6) is 0 Å². The Morgan fingerprint density at radius 3 is 1.37 bits per heavy atom. The summed E-state index contributed by atoms with van der Waals surface area (Å²) < 4.78 is 5.32. The molecule has 4 aromatic carbocycles. The number of anilines is 4. The van der Waals surface area contributed by atoms with Crippen molar-refractivity contribution in [3.05, 3.63) is 151 Å². The average Bonchev–Trinajstić information content (AvgIpc) is 2.52. The van der Waals surface area contributed by atoms with Crippen LogP contribution >= 0.6 is 0 Å². The minimum absolute atomic E-state index is 0.115. The van der Waals surface area contributed by atoms with Crippen molar-refractivity contribution in [3.63, 3.8) is 0 Å². The lowest BCUT2D eigenvalue weighted by Crippen LogP contribution is -2.36. The average molecular weight is 1190 g/mol. The molecular weight excluding hydrogens is 1110 g/mol.